The molecule has 3 aromatic rings. The average molecular weight is 435 g/mol. The number of piperidine rings is 1. The van der Waals surface area contributed by atoms with E-state index in [2.05, 4.69) is 10.2 Å². The van der Waals surface area contributed by atoms with Crippen molar-refractivity contribution in [1.82, 2.24) is 0 Å². The molecule has 0 bridgehead atoms. The molecule has 3 aromatic carbocycles. The van der Waals surface area contributed by atoms with Gasteiger partial charge in [-0.2, -0.15) is 0 Å². The van der Waals surface area contributed by atoms with Gasteiger partial charge in [0.2, 0.25) is 0 Å². The van der Waals surface area contributed by atoms with E-state index in [9.17, 15) is 9.18 Å². The number of anilines is 2. The molecule has 1 aliphatic heterocycles. The molecular formula is C26H24ClFN2O. The number of nitrogens with zero attached hydrogens (tertiary/aromatic N) is 1. The molecule has 0 radical (unpaired) electrons. The fraction of sp³-hybridized carbons (Fsp3) is 0.192. The van der Waals surface area contributed by atoms with Crippen LogP contribution in [0.2, 0.25) is 5.02 Å². The summed E-state index contributed by atoms with van der Waals surface area (Å²) in [6.07, 6.45) is 5.50. The van der Waals surface area contributed by atoms with Gasteiger partial charge >= 0.3 is 0 Å². The Morgan fingerprint density at radius 3 is 2.16 bits per heavy atom. The van der Waals surface area contributed by atoms with Crippen LogP contribution in [-0.2, 0) is 4.79 Å². The van der Waals surface area contributed by atoms with E-state index < -0.39 is 0 Å². The van der Waals surface area contributed by atoms with Crippen molar-refractivity contribution < 1.29 is 9.18 Å². The molecule has 31 heavy (non-hydrogen) atoms. The fourth-order valence-electron chi connectivity index (χ4n) is 3.74. The fourth-order valence-corrected chi connectivity index (χ4v) is 3.87. The Bertz CT molecular complexity index is 1050. The molecule has 0 spiro atoms. The lowest BCUT2D eigenvalue weighted by Gasteiger charge is -2.28. The Morgan fingerprint density at radius 1 is 0.871 bits per heavy atom. The van der Waals surface area contributed by atoms with Gasteiger partial charge in [0, 0.05) is 35.1 Å². The van der Waals surface area contributed by atoms with Crippen LogP contribution in [0.15, 0.2) is 72.8 Å². The van der Waals surface area contributed by atoms with Gasteiger partial charge in [-0.15, -0.1) is 0 Å². The summed E-state index contributed by atoms with van der Waals surface area (Å²) in [6, 6.07) is 21.1. The maximum Gasteiger partial charge on any atom is 0.256 e. The molecule has 1 saturated heterocycles. The number of benzene rings is 3. The Kier molecular flexibility index (Phi) is 6.68. The second-order valence-corrected chi connectivity index (χ2v) is 8.10. The number of hydrogen-bond acceptors (Lipinski definition) is 2. The van der Waals surface area contributed by atoms with Gasteiger partial charge in [0.1, 0.15) is 5.82 Å². The average Bonchev–Trinajstić information content (AvgIpc) is 2.80. The standard InChI is InChI=1S/C26H24ClFN2O/c27-21-8-4-19(5-9-21)18-25(20-6-10-22(28)11-7-20)26(31)29-23-12-14-24(15-13-23)30-16-2-1-3-17-30/h4-15,18H,1-3,16-17H2,(H,29,31). The molecule has 4 rings (SSSR count). The number of rotatable bonds is 5. The molecule has 3 nitrogen and oxygen atoms in total. The highest BCUT2D eigenvalue weighted by Crippen LogP contribution is 2.25. The molecule has 1 aliphatic rings. The molecule has 1 fully saturated rings. The smallest absolute Gasteiger partial charge is 0.256 e. The van der Waals surface area contributed by atoms with Crippen LogP contribution in [0.3, 0.4) is 0 Å². The molecule has 1 heterocycles. The van der Waals surface area contributed by atoms with Crippen molar-refractivity contribution in [3.8, 4) is 0 Å². The van der Waals surface area contributed by atoms with Crippen LogP contribution in [-0.4, -0.2) is 19.0 Å². The summed E-state index contributed by atoms with van der Waals surface area (Å²) < 4.78 is 13.4. The predicted molar refractivity (Wildman–Crippen MR) is 127 cm³/mol. The summed E-state index contributed by atoms with van der Waals surface area (Å²) >= 11 is 5.98. The predicted octanol–water partition coefficient (Wildman–Crippen LogP) is 6.65. The second kappa shape index (κ2) is 9.80. The number of nitrogens with one attached hydrogen (secondary N) is 1. The van der Waals surface area contributed by atoms with Crippen molar-refractivity contribution in [3.63, 3.8) is 0 Å². The van der Waals surface area contributed by atoms with Gasteiger partial charge in [0.05, 0.1) is 0 Å². The van der Waals surface area contributed by atoms with E-state index in [1.165, 1.54) is 37.1 Å². The molecule has 158 valence electrons. The Hall–Kier alpha value is -3.11. The minimum atomic E-state index is -0.344. The molecule has 0 aliphatic carbocycles. The summed E-state index contributed by atoms with van der Waals surface area (Å²) in [5, 5.41) is 3.60. The molecule has 1 amide bonds. The summed E-state index contributed by atoms with van der Waals surface area (Å²) in [4.78, 5) is 15.5. The lowest BCUT2D eigenvalue weighted by Crippen LogP contribution is -2.29. The van der Waals surface area contributed by atoms with Gasteiger partial charge in [-0.1, -0.05) is 35.9 Å². The van der Waals surface area contributed by atoms with Crippen LogP contribution in [0, 0.1) is 5.82 Å². The number of carbonyl (C=O) groups excluding carboxylic acids is 1. The van der Waals surface area contributed by atoms with Gasteiger partial charge in [-0.25, -0.2) is 4.39 Å². The lowest BCUT2D eigenvalue weighted by molar-refractivity contribution is -0.111. The molecule has 0 aromatic heterocycles. The van der Waals surface area contributed by atoms with E-state index >= 15 is 0 Å². The highest BCUT2D eigenvalue weighted by atomic mass is 35.5. The Labute approximate surface area is 187 Å². The molecule has 0 unspecified atom stereocenters. The lowest BCUT2D eigenvalue weighted by atomic mass is 10.0. The number of hydrogen-bond donors (Lipinski definition) is 1. The normalized spacial score (nSPS) is 14.4. The largest absolute Gasteiger partial charge is 0.372 e. The molecule has 5 heteroatoms. The van der Waals surface area contributed by atoms with Gasteiger partial charge in [0.15, 0.2) is 0 Å². The minimum absolute atomic E-state index is 0.257. The zero-order valence-corrected chi connectivity index (χ0v) is 17.9. The first-order valence-corrected chi connectivity index (χ1v) is 10.9. The third-order valence-electron chi connectivity index (χ3n) is 5.43. The van der Waals surface area contributed by atoms with E-state index in [4.69, 9.17) is 11.6 Å². The van der Waals surface area contributed by atoms with Gasteiger partial charge < -0.3 is 10.2 Å². The Morgan fingerprint density at radius 2 is 1.52 bits per heavy atom. The molecule has 1 N–H and O–H groups in total. The van der Waals surface area contributed by atoms with E-state index in [1.54, 1.807) is 30.3 Å². The quantitative estimate of drug-likeness (QED) is 0.360. The zero-order valence-electron chi connectivity index (χ0n) is 17.2. The summed E-state index contributed by atoms with van der Waals surface area (Å²) in [5.41, 5.74) is 3.81. The van der Waals surface area contributed by atoms with Gasteiger partial charge in [-0.05, 0) is 85.0 Å². The van der Waals surface area contributed by atoms with E-state index in [-0.39, 0.29) is 11.7 Å². The molecular weight excluding hydrogens is 411 g/mol. The monoisotopic (exact) mass is 434 g/mol. The maximum atomic E-state index is 13.4. The molecule has 0 atom stereocenters. The van der Waals surface area contributed by atoms with Crippen molar-refractivity contribution >= 4 is 40.5 Å². The summed E-state index contributed by atoms with van der Waals surface area (Å²) in [6.45, 7) is 2.15. The van der Waals surface area contributed by atoms with E-state index in [0.29, 0.717) is 16.2 Å². The van der Waals surface area contributed by atoms with Gasteiger partial charge in [-0.3, -0.25) is 4.79 Å². The number of amides is 1. The van der Waals surface area contributed by atoms with Crippen molar-refractivity contribution in [2.24, 2.45) is 0 Å². The van der Waals surface area contributed by atoms with Crippen LogP contribution in [0.25, 0.3) is 11.6 Å². The van der Waals surface area contributed by atoms with Gasteiger partial charge in [0.25, 0.3) is 5.91 Å². The maximum absolute atomic E-state index is 13.4. The second-order valence-electron chi connectivity index (χ2n) is 7.67. The zero-order chi connectivity index (χ0) is 21.6. The van der Waals surface area contributed by atoms with Crippen molar-refractivity contribution in [2.45, 2.75) is 19.3 Å². The van der Waals surface area contributed by atoms with Crippen molar-refractivity contribution in [2.75, 3.05) is 23.3 Å². The minimum Gasteiger partial charge on any atom is -0.372 e. The summed E-state index contributed by atoms with van der Waals surface area (Å²) in [7, 11) is 0. The highest BCUT2D eigenvalue weighted by molar-refractivity contribution is 6.31. The first-order chi connectivity index (χ1) is 15.1. The molecule has 0 saturated carbocycles. The van der Waals surface area contributed by atoms with E-state index in [0.717, 1.165) is 24.3 Å². The third kappa shape index (κ3) is 5.53. The van der Waals surface area contributed by atoms with Crippen LogP contribution in [0.4, 0.5) is 15.8 Å². The first-order valence-electron chi connectivity index (χ1n) is 10.5. The van der Waals surface area contributed by atoms with Crippen molar-refractivity contribution in [1.29, 1.82) is 0 Å². The number of halogens is 2. The van der Waals surface area contributed by atoms with Crippen molar-refractivity contribution in [3.05, 3.63) is 94.8 Å². The van der Waals surface area contributed by atoms with Crippen LogP contribution in [0.1, 0.15) is 30.4 Å². The number of carbonyl (C=O) groups is 1. The van der Waals surface area contributed by atoms with Crippen LogP contribution < -0.4 is 10.2 Å². The van der Waals surface area contributed by atoms with E-state index in [1.807, 2.05) is 36.4 Å². The highest BCUT2D eigenvalue weighted by Gasteiger charge is 2.14. The van der Waals surface area contributed by atoms with Crippen LogP contribution >= 0.6 is 11.6 Å². The topological polar surface area (TPSA) is 32.3 Å². The third-order valence-corrected chi connectivity index (χ3v) is 5.68. The SMILES string of the molecule is O=C(Nc1ccc(N2CCCCC2)cc1)C(=Cc1ccc(Cl)cc1)c1ccc(F)cc1. The summed E-state index contributed by atoms with van der Waals surface area (Å²) in [5.74, 6) is -0.601. The Balaban J connectivity index is 1.56. The van der Waals surface area contributed by atoms with Crippen LogP contribution in [0.5, 0.6) is 0 Å². The first kappa shape index (κ1) is 21.1.